The summed E-state index contributed by atoms with van der Waals surface area (Å²) >= 11 is 1.04. The van der Waals surface area contributed by atoms with Crippen LogP contribution >= 0.6 is 11.8 Å². The standard InChI is InChI=1S/C12H12N4O7S/c1-5(17)22-3-7-4-24-11-12(14-15-13,23-6(2)18)10(21)16(11)8(7)9(19)20/h11H,3-4H2,1-2H3,(H,19,20)/t11-,12?/m1/s1. The summed E-state index contributed by atoms with van der Waals surface area (Å²) in [7, 11) is 0. The highest BCUT2D eigenvalue weighted by Gasteiger charge is 2.67. The first kappa shape index (κ1) is 17.6. The van der Waals surface area contributed by atoms with Gasteiger partial charge in [-0.25, -0.2) is 4.79 Å². The normalized spacial score (nSPS) is 25.2. The average molecular weight is 356 g/mol. The van der Waals surface area contributed by atoms with Crippen molar-refractivity contribution in [2.75, 3.05) is 12.4 Å². The fourth-order valence-electron chi connectivity index (χ4n) is 2.36. The van der Waals surface area contributed by atoms with Gasteiger partial charge in [0.25, 0.3) is 11.6 Å². The molecule has 1 saturated heterocycles. The molecule has 2 atom stereocenters. The van der Waals surface area contributed by atoms with Gasteiger partial charge < -0.3 is 14.6 Å². The van der Waals surface area contributed by atoms with Crippen molar-refractivity contribution < 1.29 is 33.8 Å². The van der Waals surface area contributed by atoms with E-state index in [4.69, 9.17) is 15.0 Å². The van der Waals surface area contributed by atoms with Gasteiger partial charge in [-0.3, -0.25) is 19.3 Å². The lowest BCUT2D eigenvalue weighted by atomic mass is 9.99. The maximum atomic E-state index is 12.4. The number of nitrogens with zero attached hydrogens (tertiary/aromatic N) is 4. The van der Waals surface area contributed by atoms with Crippen LogP contribution in [0.15, 0.2) is 16.4 Å². The molecule has 0 radical (unpaired) electrons. The highest BCUT2D eigenvalue weighted by Crippen LogP contribution is 2.49. The quantitative estimate of drug-likeness (QED) is 0.243. The Morgan fingerprint density at radius 3 is 2.62 bits per heavy atom. The third-order valence-corrected chi connectivity index (χ3v) is 4.59. The number of carboxylic acid groups (broad SMARTS) is 1. The molecule has 1 fully saturated rings. The molecule has 1 N–H and O–H groups in total. The highest BCUT2D eigenvalue weighted by molar-refractivity contribution is 8.00. The number of β-lactam (4-membered cyclic amide) rings is 1. The lowest BCUT2D eigenvalue weighted by Gasteiger charge is -2.53. The van der Waals surface area contributed by atoms with Gasteiger partial charge in [-0.2, -0.15) is 0 Å². The van der Waals surface area contributed by atoms with E-state index < -0.39 is 34.9 Å². The zero-order valence-electron chi connectivity index (χ0n) is 12.6. The van der Waals surface area contributed by atoms with Gasteiger partial charge in [0, 0.05) is 30.1 Å². The van der Waals surface area contributed by atoms with Crippen molar-refractivity contribution in [3.63, 3.8) is 0 Å². The molecule has 0 aromatic carbocycles. The number of azide groups is 1. The Balaban J connectivity index is 2.41. The van der Waals surface area contributed by atoms with E-state index in [9.17, 15) is 24.3 Å². The number of hydrogen-bond acceptors (Lipinski definition) is 8. The summed E-state index contributed by atoms with van der Waals surface area (Å²) in [5, 5.41) is 11.7. The Morgan fingerprint density at radius 2 is 2.12 bits per heavy atom. The molecule has 1 amide bonds. The molecule has 128 valence electrons. The second-order valence-electron chi connectivity index (χ2n) is 4.86. The first-order chi connectivity index (χ1) is 11.2. The van der Waals surface area contributed by atoms with Crippen molar-refractivity contribution in [1.82, 2.24) is 4.90 Å². The van der Waals surface area contributed by atoms with Crippen molar-refractivity contribution in [2.45, 2.75) is 24.9 Å². The van der Waals surface area contributed by atoms with Crippen LogP contribution in [-0.2, 0) is 28.7 Å². The second kappa shape index (κ2) is 6.42. The van der Waals surface area contributed by atoms with E-state index >= 15 is 0 Å². The molecule has 24 heavy (non-hydrogen) atoms. The summed E-state index contributed by atoms with van der Waals surface area (Å²) in [5.41, 5.74) is 6.39. The van der Waals surface area contributed by atoms with Gasteiger partial charge in [0.15, 0.2) is 0 Å². The zero-order chi connectivity index (χ0) is 18.1. The number of carbonyl (C=O) groups excluding carboxylic acids is 3. The van der Waals surface area contributed by atoms with E-state index in [0.717, 1.165) is 23.6 Å². The van der Waals surface area contributed by atoms with E-state index in [2.05, 4.69) is 10.0 Å². The number of carboxylic acids is 1. The van der Waals surface area contributed by atoms with Crippen molar-refractivity contribution in [2.24, 2.45) is 5.11 Å². The molecule has 0 aromatic heterocycles. The molecule has 2 aliphatic heterocycles. The summed E-state index contributed by atoms with van der Waals surface area (Å²) in [5.74, 6) is -3.73. The molecule has 2 heterocycles. The minimum Gasteiger partial charge on any atom is -0.477 e. The molecule has 0 aliphatic carbocycles. The SMILES string of the molecule is CC(=O)OCC1=C(C(=O)O)N2C(=O)C(N=[N+]=[N-])(OC(C)=O)[C@H]2SC1. The van der Waals surface area contributed by atoms with Gasteiger partial charge in [0.1, 0.15) is 17.7 Å². The third kappa shape index (κ3) is 2.76. The lowest BCUT2D eigenvalue weighted by Crippen LogP contribution is -2.74. The van der Waals surface area contributed by atoms with Crippen molar-refractivity contribution in [3.8, 4) is 0 Å². The van der Waals surface area contributed by atoms with E-state index in [0.29, 0.717) is 0 Å². The number of carbonyl (C=O) groups is 4. The molecule has 1 unspecified atom stereocenters. The molecular formula is C12H12N4O7S. The molecule has 2 rings (SSSR count). The predicted molar refractivity (Wildman–Crippen MR) is 78.0 cm³/mol. The Morgan fingerprint density at radius 1 is 1.46 bits per heavy atom. The zero-order valence-corrected chi connectivity index (χ0v) is 13.4. The number of aliphatic carboxylic acids is 1. The molecule has 0 bridgehead atoms. The van der Waals surface area contributed by atoms with Crippen LogP contribution in [0.4, 0.5) is 0 Å². The number of fused-ring (bicyclic) bond motifs is 1. The summed E-state index contributed by atoms with van der Waals surface area (Å²) < 4.78 is 9.68. The van der Waals surface area contributed by atoms with Crippen molar-refractivity contribution >= 4 is 35.6 Å². The van der Waals surface area contributed by atoms with Crippen LogP contribution in [0.1, 0.15) is 13.8 Å². The van der Waals surface area contributed by atoms with Gasteiger partial charge >= 0.3 is 17.9 Å². The first-order valence-corrected chi connectivity index (χ1v) is 7.59. The number of ether oxygens (including phenoxy) is 2. The Kier molecular flexibility index (Phi) is 4.71. The van der Waals surface area contributed by atoms with E-state index in [1.165, 1.54) is 6.92 Å². The number of hydrogen-bond donors (Lipinski definition) is 1. The minimum absolute atomic E-state index is 0.0906. The maximum absolute atomic E-state index is 12.4. The molecule has 0 spiro atoms. The summed E-state index contributed by atoms with van der Waals surface area (Å²) in [6.45, 7) is 1.92. The van der Waals surface area contributed by atoms with Crippen molar-refractivity contribution in [1.29, 1.82) is 0 Å². The number of esters is 2. The largest absolute Gasteiger partial charge is 0.477 e. The van der Waals surface area contributed by atoms with Crippen LogP contribution in [0.2, 0.25) is 0 Å². The maximum Gasteiger partial charge on any atom is 0.352 e. The summed E-state index contributed by atoms with van der Waals surface area (Å²) in [6.07, 6.45) is 0. The van der Waals surface area contributed by atoms with Crippen LogP contribution in [0.25, 0.3) is 10.4 Å². The highest BCUT2D eigenvalue weighted by atomic mass is 32.2. The predicted octanol–water partition coefficient (Wildman–Crippen LogP) is 0.373. The molecule has 11 nitrogen and oxygen atoms in total. The van der Waals surface area contributed by atoms with Crippen LogP contribution in [0.3, 0.4) is 0 Å². The summed E-state index contributed by atoms with van der Waals surface area (Å²) in [6, 6.07) is 0. The fourth-order valence-corrected chi connectivity index (χ4v) is 3.71. The molecular weight excluding hydrogens is 344 g/mol. The summed E-state index contributed by atoms with van der Waals surface area (Å²) in [4.78, 5) is 49.5. The Labute approximate surface area is 139 Å². The molecule has 0 saturated carbocycles. The average Bonchev–Trinajstić information content (AvgIpc) is 2.50. The van der Waals surface area contributed by atoms with Gasteiger partial charge in [-0.1, -0.05) is 0 Å². The molecule has 12 heteroatoms. The number of thioether (sulfide) groups is 1. The van der Waals surface area contributed by atoms with Crippen LogP contribution in [0, 0.1) is 0 Å². The topological polar surface area (TPSA) is 159 Å². The minimum atomic E-state index is -2.11. The Hall–Kier alpha value is -2.72. The first-order valence-electron chi connectivity index (χ1n) is 6.54. The van der Waals surface area contributed by atoms with E-state index in [1.807, 2.05) is 0 Å². The van der Waals surface area contributed by atoms with Crippen LogP contribution < -0.4 is 0 Å². The number of rotatable bonds is 5. The lowest BCUT2D eigenvalue weighted by molar-refractivity contribution is -0.194. The smallest absolute Gasteiger partial charge is 0.352 e. The van der Waals surface area contributed by atoms with E-state index in [-0.39, 0.29) is 23.6 Å². The van der Waals surface area contributed by atoms with Gasteiger partial charge in [-0.05, 0) is 10.6 Å². The van der Waals surface area contributed by atoms with E-state index in [1.54, 1.807) is 0 Å². The van der Waals surface area contributed by atoms with Gasteiger partial charge in [0.05, 0.1) is 0 Å². The van der Waals surface area contributed by atoms with Crippen LogP contribution in [0.5, 0.6) is 0 Å². The molecule has 2 aliphatic rings. The Bertz CT molecular complexity index is 714. The molecule has 0 aromatic rings. The second-order valence-corrected chi connectivity index (χ2v) is 5.92. The van der Waals surface area contributed by atoms with Gasteiger partial charge in [-0.15, -0.1) is 11.8 Å². The fraction of sp³-hybridized carbons (Fsp3) is 0.500. The third-order valence-electron chi connectivity index (χ3n) is 3.23. The van der Waals surface area contributed by atoms with Crippen molar-refractivity contribution in [3.05, 3.63) is 21.7 Å². The van der Waals surface area contributed by atoms with Crippen LogP contribution in [-0.4, -0.2) is 57.3 Å². The van der Waals surface area contributed by atoms with Gasteiger partial charge in [0.2, 0.25) is 0 Å². The number of amides is 1. The monoisotopic (exact) mass is 356 g/mol.